The first-order valence-corrected chi connectivity index (χ1v) is 7.71. The van der Waals surface area contributed by atoms with Crippen LogP contribution in [0.5, 0.6) is 0 Å². The van der Waals surface area contributed by atoms with E-state index in [4.69, 9.17) is 0 Å². The van der Waals surface area contributed by atoms with Crippen molar-refractivity contribution < 1.29 is 19.4 Å². The monoisotopic (exact) mass is 350 g/mol. The van der Waals surface area contributed by atoms with Crippen molar-refractivity contribution >= 4 is 28.7 Å². The number of carbonyl (C=O) groups excluding carboxylic acids is 1. The maximum absolute atomic E-state index is 11.3. The van der Waals surface area contributed by atoms with Crippen molar-refractivity contribution in [1.82, 2.24) is 0 Å². The quantitative estimate of drug-likeness (QED) is 0.473. The Labute approximate surface area is 143 Å². The van der Waals surface area contributed by atoms with Crippen molar-refractivity contribution in [3.63, 3.8) is 0 Å². The van der Waals surface area contributed by atoms with Crippen LogP contribution in [0, 0.1) is 26.1 Å². The van der Waals surface area contributed by atoms with Gasteiger partial charge >= 0.3 is 11.7 Å². The van der Waals surface area contributed by atoms with Gasteiger partial charge in [-0.25, -0.2) is 0 Å². The molecule has 0 bridgehead atoms. The van der Waals surface area contributed by atoms with Gasteiger partial charge in [0.15, 0.2) is 0 Å². The van der Waals surface area contributed by atoms with Crippen LogP contribution < -0.4 is 5.43 Å². The fourth-order valence-corrected chi connectivity index (χ4v) is 2.66. The molecule has 0 radical (unpaired) electrons. The fraction of sp³-hybridized carbons (Fsp3) is 0.467. The van der Waals surface area contributed by atoms with Crippen LogP contribution in [0.15, 0.2) is 23.3 Å². The molecule has 1 aliphatic rings. The van der Waals surface area contributed by atoms with E-state index in [2.05, 4.69) is 15.3 Å². The number of anilines is 1. The minimum Gasteiger partial charge on any atom is -0.469 e. The first kappa shape index (κ1) is 18.3. The minimum atomic E-state index is -0.692. The first-order valence-electron chi connectivity index (χ1n) is 7.71. The van der Waals surface area contributed by atoms with E-state index in [1.807, 2.05) is 0 Å². The lowest BCUT2D eigenvalue weighted by molar-refractivity contribution is -0.393. The number of nitrogens with zero attached hydrogens (tertiary/aromatic N) is 3. The molecule has 0 atom stereocenters. The predicted octanol–water partition coefficient (Wildman–Crippen LogP) is 3.02. The molecule has 0 heterocycles. The molecule has 25 heavy (non-hydrogen) atoms. The minimum absolute atomic E-state index is 0.0970. The zero-order chi connectivity index (χ0) is 18.4. The number of hydrogen-bond acceptors (Lipinski definition) is 8. The third-order valence-electron chi connectivity index (χ3n) is 4.09. The molecular formula is C15H18N4O6. The molecule has 10 heteroatoms. The molecule has 10 nitrogen and oxygen atoms in total. The van der Waals surface area contributed by atoms with Gasteiger partial charge in [0.25, 0.3) is 5.69 Å². The van der Waals surface area contributed by atoms with Crippen molar-refractivity contribution in [2.24, 2.45) is 11.0 Å². The van der Waals surface area contributed by atoms with E-state index >= 15 is 0 Å². The van der Waals surface area contributed by atoms with Gasteiger partial charge in [0.2, 0.25) is 0 Å². The summed E-state index contributed by atoms with van der Waals surface area (Å²) in [5, 5.41) is 26.0. The zero-order valence-electron chi connectivity index (χ0n) is 13.6. The summed E-state index contributed by atoms with van der Waals surface area (Å²) in [6.45, 7) is 0. The highest BCUT2D eigenvalue weighted by molar-refractivity contribution is 5.86. The number of nitro groups is 2. The fourth-order valence-electron chi connectivity index (χ4n) is 2.66. The van der Waals surface area contributed by atoms with E-state index in [-0.39, 0.29) is 23.3 Å². The smallest absolute Gasteiger partial charge is 0.305 e. The normalized spacial score (nSPS) is 16.8. The lowest BCUT2D eigenvalue weighted by Crippen LogP contribution is -2.18. The van der Waals surface area contributed by atoms with Gasteiger partial charge < -0.3 is 4.74 Å². The Bertz CT molecular complexity index is 708. The number of nitro benzene ring substituents is 2. The van der Waals surface area contributed by atoms with Crippen LogP contribution in [0.3, 0.4) is 0 Å². The highest BCUT2D eigenvalue weighted by Gasteiger charge is 2.22. The first-order chi connectivity index (χ1) is 11.9. The second-order valence-corrected chi connectivity index (χ2v) is 5.73. The summed E-state index contributed by atoms with van der Waals surface area (Å²) >= 11 is 0. The Morgan fingerprint density at radius 3 is 2.52 bits per heavy atom. The number of nitrogens with one attached hydrogen (secondary N) is 1. The molecule has 2 rings (SSSR count). The van der Waals surface area contributed by atoms with Gasteiger partial charge in [-0.1, -0.05) is 0 Å². The van der Waals surface area contributed by atoms with Gasteiger partial charge in [-0.05, 0) is 37.7 Å². The van der Waals surface area contributed by atoms with Crippen LogP contribution in [-0.4, -0.2) is 28.6 Å². The number of hydrazone groups is 1. The van der Waals surface area contributed by atoms with Crippen LogP contribution in [-0.2, 0) is 9.53 Å². The van der Waals surface area contributed by atoms with Crippen molar-refractivity contribution in [2.45, 2.75) is 32.1 Å². The van der Waals surface area contributed by atoms with Gasteiger partial charge in [0.05, 0.1) is 23.0 Å². The number of esters is 1. The second-order valence-electron chi connectivity index (χ2n) is 5.73. The highest BCUT2D eigenvalue weighted by atomic mass is 16.6. The van der Waals surface area contributed by atoms with E-state index in [1.54, 1.807) is 0 Å². The number of methoxy groups -OCH3 is 1. The number of rotatable bonds is 6. The Morgan fingerprint density at radius 2 is 1.96 bits per heavy atom. The Morgan fingerprint density at radius 1 is 1.28 bits per heavy atom. The van der Waals surface area contributed by atoms with Crippen LogP contribution in [0.25, 0.3) is 0 Å². The molecule has 0 spiro atoms. The summed E-state index contributed by atoms with van der Waals surface area (Å²) in [7, 11) is 1.36. The summed E-state index contributed by atoms with van der Waals surface area (Å²) < 4.78 is 4.65. The average molecular weight is 350 g/mol. The third-order valence-corrected chi connectivity index (χ3v) is 4.09. The molecule has 1 N–H and O–H groups in total. The number of benzene rings is 1. The molecule has 1 aliphatic carbocycles. The number of ether oxygens (including phenoxy) is 1. The molecule has 0 unspecified atom stereocenters. The second kappa shape index (κ2) is 8.18. The summed E-state index contributed by atoms with van der Waals surface area (Å²) in [5.74, 6) is 0.0186. The zero-order valence-corrected chi connectivity index (χ0v) is 13.6. The molecule has 0 aliphatic heterocycles. The molecule has 0 aromatic heterocycles. The third kappa shape index (κ3) is 4.96. The van der Waals surface area contributed by atoms with E-state index in [0.717, 1.165) is 24.6 Å². The summed E-state index contributed by atoms with van der Waals surface area (Å²) in [6, 6.07) is 3.35. The molecule has 1 saturated carbocycles. The van der Waals surface area contributed by atoms with Crippen molar-refractivity contribution in [2.75, 3.05) is 12.5 Å². The molecule has 0 amide bonds. The topological polar surface area (TPSA) is 137 Å². The Kier molecular flexibility index (Phi) is 5.98. The van der Waals surface area contributed by atoms with Crippen LogP contribution in [0.2, 0.25) is 0 Å². The molecule has 1 aromatic rings. The van der Waals surface area contributed by atoms with Crippen LogP contribution in [0.4, 0.5) is 17.1 Å². The van der Waals surface area contributed by atoms with E-state index in [1.165, 1.54) is 19.2 Å². The van der Waals surface area contributed by atoms with Gasteiger partial charge in [0.1, 0.15) is 5.69 Å². The largest absolute Gasteiger partial charge is 0.469 e. The van der Waals surface area contributed by atoms with Crippen LogP contribution in [0.1, 0.15) is 32.1 Å². The Hall–Kier alpha value is -3.04. The molecule has 0 saturated heterocycles. The van der Waals surface area contributed by atoms with Crippen molar-refractivity contribution in [3.8, 4) is 0 Å². The predicted molar refractivity (Wildman–Crippen MR) is 89.4 cm³/mol. The number of carbonyl (C=O) groups is 1. The van der Waals surface area contributed by atoms with Gasteiger partial charge in [-0.2, -0.15) is 5.10 Å². The lowest BCUT2D eigenvalue weighted by atomic mass is 9.86. The molecule has 1 aromatic carbocycles. The van der Waals surface area contributed by atoms with Gasteiger partial charge in [0, 0.05) is 18.2 Å². The van der Waals surface area contributed by atoms with Gasteiger partial charge in [-0.3, -0.25) is 30.4 Å². The summed E-state index contributed by atoms with van der Waals surface area (Å²) in [5.41, 5.74) is 2.81. The molecule has 1 fully saturated rings. The van der Waals surface area contributed by atoms with E-state index in [0.29, 0.717) is 19.3 Å². The number of hydrogen-bond donors (Lipinski definition) is 1. The Balaban J connectivity index is 2.01. The van der Waals surface area contributed by atoms with Crippen LogP contribution >= 0.6 is 0 Å². The van der Waals surface area contributed by atoms with Crippen molar-refractivity contribution in [1.29, 1.82) is 0 Å². The van der Waals surface area contributed by atoms with Gasteiger partial charge in [-0.15, -0.1) is 0 Å². The average Bonchev–Trinajstić information content (AvgIpc) is 2.60. The molecular weight excluding hydrogens is 332 g/mol. The SMILES string of the molecule is COC(=O)CC1CCC(=NNc2ccc([N+](=O)[O-])cc2[N+](=O)[O-])CC1. The van der Waals surface area contributed by atoms with E-state index in [9.17, 15) is 25.0 Å². The molecule has 134 valence electrons. The number of non-ortho nitro benzene ring substituents is 1. The lowest BCUT2D eigenvalue weighted by Gasteiger charge is -2.21. The highest BCUT2D eigenvalue weighted by Crippen LogP contribution is 2.30. The maximum Gasteiger partial charge on any atom is 0.305 e. The van der Waals surface area contributed by atoms with E-state index < -0.39 is 15.5 Å². The summed E-state index contributed by atoms with van der Waals surface area (Å²) in [6.07, 6.45) is 3.31. The standard InChI is InChI=1S/C15H18N4O6/c1-25-15(20)8-10-2-4-11(5-3-10)16-17-13-7-6-12(18(21)22)9-14(13)19(23)24/h6-7,9-10,17H,2-5,8H2,1H3. The summed E-state index contributed by atoms with van der Waals surface area (Å²) in [4.78, 5) is 31.7. The maximum atomic E-state index is 11.3. The van der Waals surface area contributed by atoms with Crippen molar-refractivity contribution in [3.05, 3.63) is 38.4 Å².